The maximum Gasteiger partial charge on any atom is 0.234 e. The molecule has 0 aromatic rings. The lowest BCUT2D eigenvalue weighted by molar-refractivity contribution is -0.379. The zero-order valence-electron chi connectivity index (χ0n) is 11.6. The molecule has 1 atom stereocenters. The molecule has 1 fully saturated rings. The van der Waals surface area contributed by atoms with Gasteiger partial charge in [0.25, 0.3) is 0 Å². The van der Waals surface area contributed by atoms with Crippen LogP contribution in [0.2, 0.25) is 0 Å². The molecule has 108 valence electrons. The number of allylic oxidation sites excluding steroid dienone is 3. The highest BCUT2D eigenvalue weighted by molar-refractivity contribution is 5.78. The molecule has 1 heterocycles. The SMILES string of the molecule is C/C=C\C=C/CC(N1CCNC(=O)C1)N(O)OCC. The Labute approximate surface area is 114 Å². The van der Waals surface area contributed by atoms with Gasteiger partial charge in [0, 0.05) is 13.1 Å². The van der Waals surface area contributed by atoms with Crippen LogP contribution in [0.1, 0.15) is 20.3 Å². The molecule has 0 aromatic carbocycles. The van der Waals surface area contributed by atoms with Crippen LogP contribution in [0.4, 0.5) is 0 Å². The second-order valence-electron chi connectivity index (χ2n) is 4.21. The summed E-state index contributed by atoms with van der Waals surface area (Å²) in [4.78, 5) is 18.4. The topological polar surface area (TPSA) is 65.0 Å². The van der Waals surface area contributed by atoms with Gasteiger partial charge in [-0.05, 0) is 20.3 Å². The summed E-state index contributed by atoms with van der Waals surface area (Å²) in [5, 5.41) is 13.5. The van der Waals surface area contributed by atoms with E-state index in [2.05, 4.69) is 5.32 Å². The van der Waals surface area contributed by atoms with Crippen molar-refractivity contribution < 1.29 is 14.8 Å². The van der Waals surface area contributed by atoms with Crippen LogP contribution in [0, 0.1) is 0 Å². The second kappa shape index (κ2) is 8.82. The van der Waals surface area contributed by atoms with Crippen LogP contribution in [0.3, 0.4) is 0 Å². The Morgan fingerprint density at radius 2 is 2.37 bits per heavy atom. The molecule has 0 spiro atoms. The van der Waals surface area contributed by atoms with E-state index in [9.17, 15) is 10.0 Å². The molecular weight excluding hydrogens is 246 g/mol. The summed E-state index contributed by atoms with van der Waals surface area (Å²) in [6.45, 7) is 5.68. The number of nitrogens with one attached hydrogen (secondary N) is 1. The molecule has 0 radical (unpaired) electrons. The van der Waals surface area contributed by atoms with Crippen molar-refractivity contribution >= 4 is 5.91 Å². The number of carbonyl (C=O) groups excluding carboxylic acids is 1. The molecule has 6 nitrogen and oxygen atoms in total. The van der Waals surface area contributed by atoms with Crippen LogP contribution in [0.5, 0.6) is 0 Å². The molecule has 6 heteroatoms. The zero-order valence-corrected chi connectivity index (χ0v) is 11.6. The average molecular weight is 269 g/mol. The molecular formula is C13H23N3O3. The number of hydroxylamine groups is 2. The van der Waals surface area contributed by atoms with Crippen LogP contribution < -0.4 is 5.32 Å². The molecule has 0 aromatic heterocycles. The highest BCUT2D eigenvalue weighted by Crippen LogP contribution is 2.11. The quantitative estimate of drug-likeness (QED) is 0.531. The van der Waals surface area contributed by atoms with E-state index >= 15 is 0 Å². The number of piperazine rings is 1. The van der Waals surface area contributed by atoms with E-state index in [1.54, 1.807) is 6.92 Å². The van der Waals surface area contributed by atoms with Gasteiger partial charge in [-0.15, -0.1) is 0 Å². The van der Waals surface area contributed by atoms with E-state index in [0.717, 1.165) is 5.23 Å². The Kier molecular flexibility index (Phi) is 7.35. The van der Waals surface area contributed by atoms with Gasteiger partial charge in [-0.25, -0.2) is 0 Å². The first-order valence-corrected chi connectivity index (χ1v) is 6.58. The van der Waals surface area contributed by atoms with Crippen LogP contribution in [-0.4, -0.2) is 53.6 Å². The van der Waals surface area contributed by atoms with E-state index in [-0.39, 0.29) is 18.6 Å². The summed E-state index contributed by atoms with van der Waals surface area (Å²) in [6, 6.07) is 0. The molecule has 1 rings (SSSR count). The minimum Gasteiger partial charge on any atom is -0.354 e. The fourth-order valence-corrected chi connectivity index (χ4v) is 1.90. The number of hydrogen-bond acceptors (Lipinski definition) is 5. The molecule has 0 bridgehead atoms. The molecule has 1 aliphatic rings. The van der Waals surface area contributed by atoms with E-state index in [1.807, 2.05) is 36.1 Å². The van der Waals surface area contributed by atoms with Gasteiger partial charge < -0.3 is 5.32 Å². The first-order chi connectivity index (χ1) is 9.19. The smallest absolute Gasteiger partial charge is 0.234 e. The Hall–Kier alpha value is -1.21. The molecule has 1 amide bonds. The number of hydrogen-bond donors (Lipinski definition) is 2. The van der Waals surface area contributed by atoms with Gasteiger partial charge in [0.15, 0.2) is 0 Å². The summed E-state index contributed by atoms with van der Waals surface area (Å²) >= 11 is 0. The lowest BCUT2D eigenvalue weighted by Gasteiger charge is -2.36. The van der Waals surface area contributed by atoms with Gasteiger partial charge in [-0.1, -0.05) is 29.5 Å². The highest BCUT2D eigenvalue weighted by Gasteiger charge is 2.28. The summed E-state index contributed by atoms with van der Waals surface area (Å²) in [5.74, 6) is -0.0291. The summed E-state index contributed by atoms with van der Waals surface area (Å²) in [5.41, 5.74) is 0. The van der Waals surface area contributed by atoms with Crippen LogP contribution >= 0.6 is 0 Å². The van der Waals surface area contributed by atoms with E-state index < -0.39 is 0 Å². The number of amides is 1. The van der Waals surface area contributed by atoms with Crippen LogP contribution in [0.25, 0.3) is 0 Å². The predicted molar refractivity (Wildman–Crippen MR) is 72.2 cm³/mol. The van der Waals surface area contributed by atoms with Gasteiger partial charge in [0.1, 0.15) is 6.17 Å². The van der Waals surface area contributed by atoms with Crippen LogP contribution in [-0.2, 0) is 9.63 Å². The van der Waals surface area contributed by atoms with Gasteiger partial charge in [-0.2, -0.15) is 0 Å². The van der Waals surface area contributed by atoms with Crippen molar-refractivity contribution in [2.24, 2.45) is 0 Å². The van der Waals surface area contributed by atoms with Gasteiger partial charge in [-0.3, -0.25) is 19.7 Å². The zero-order chi connectivity index (χ0) is 14.1. The number of carbonyl (C=O) groups is 1. The monoisotopic (exact) mass is 269 g/mol. The minimum atomic E-state index is -0.354. The minimum absolute atomic E-state index is 0.0291. The van der Waals surface area contributed by atoms with Crippen molar-refractivity contribution in [3.63, 3.8) is 0 Å². The number of rotatable bonds is 7. The lowest BCUT2D eigenvalue weighted by Crippen LogP contribution is -2.56. The third-order valence-electron chi connectivity index (χ3n) is 2.79. The van der Waals surface area contributed by atoms with Crippen molar-refractivity contribution in [3.8, 4) is 0 Å². The fraction of sp³-hybridized carbons (Fsp3) is 0.615. The van der Waals surface area contributed by atoms with Crippen molar-refractivity contribution in [3.05, 3.63) is 24.3 Å². The van der Waals surface area contributed by atoms with Crippen molar-refractivity contribution in [2.75, 3.05) is 26.2 Å². The van der Waals surface area contributed by atoms with Gasteiger partial charge in [0.05, 0.1) is 13.2 Å². The maximum atomic E-state index is 11.4. The molecule has 1 saturated heterocycles. The fourth-order valence-electron chi connectivity index (χ4n) is 1.90. The first kappa shape index (κ1) is 15.8. The molecule has 1 unspecified atom stereocenters. The molecule has 0 saturated carbocycles. The Morgan fingerprint density at radius 1 is 1.58 bits per heavy atom. The normalized spacial score (nSPS) is 19.5. The van der Waals surface area contributed by atoms with E-state index in [4.69, 9.17) is 4.84 Å². The maximum absolute atomic E-state index is 11.4. The van der Waals surface area contributed by atoms with E-state index in [1.165, 1.54) is 0 Å². The van der Waals surface area contributed by atoms with Gasteiger partial charge in [0.2, 0.25) is 5.91 Å². The molecule has 0 aliphatic carbocycles. The summed E-state index contributed by atoms with van der Waals surface area (Å²) < 4.78 is 0. The second-order valence-corrected chi connectivity index (χ2v) is 4.21. The molecule has 19 heavy (non-hydrogen) atoms. The van der Waals surface area contributed by atoms with Crippen molar-refractivity contribution in [1.82, 2.24) is 15.4 Å². The average Bonchev–Trinajstić information content (AvgIpc) is 2.39. The van der Waals surface area contributed by atoms with Gasteiger partial charge >= 0.3 is 0 Å². The standard InChI is InChI=1S/C13H23N3O3/c1-3-5-6-7-8-13(16(18)19-4-2)15-10-9-14-12(17)11-15/h3,5-7,13,18H,4,8-11H2,1-2H3,(H,14,17)/b5-3-,7-6-. The number of nitrogens with zero attached hydrogens (tertiary/aromatic N) is 2. The summed E-state index contributed by atoms with van der Waals surface area (Å²) in [7, 11) is 0. The third kappa shape index (κ3) is 5.52. The third-order valence-corrected chi connectivity index (χ3v) is 2.79. The van der Waals surface area contributed by atoms with E-state index in [0.29, 0.717) is 26.1 Å². The van der Waals surface area contributed by atoms with Crippen molar-refractivity contribution in [1.29, 1.82) is 0 Å². The van der Waals surface area contributed by atoms with Crippen molar-refractivity contribution in [2.45, 2.75) is 26.4 Å². The predicted octanol–water partition coefficient (Wildman–Crippen LogP) is 0.909. The first-order valence-electron chi connectivity index (χ1n) is 6.58. The summed E-state index contributed by atoms with van der Waals surface area (Å²) in [6.07, 6.45) is 7.93. The Bertz CT molecular complexity index is 331. The molecule has 2 N–H and O–H groups in total. The Balaban J connectivity index is 2.64. The Morgan fingerprint density at radius 3 is 3.00 bits per heavy atom. The molecule has 1 aliphatic heterocycles. The lowest BCUT2D eigenvalue weighted by atomic mass is 10.2. The highest BCUT2D eigenvalue weighted by atomic mass is 16.9. The largest absolute Gasteiger partial charge is 0.354 e. The van der Waals surface area contributed by atoms with Crippen LogP contribution in [0.15, 0.2) is 24.3 Å².